The molecule has 0 bridgehead atoms. The number of nitrogens with one attached hydrogen (secondary N) is 1. The number of ether oxygens (including phenoxy) is 1. The number of hydrogen-bond acceptors (Lipinski definition) is 5. The number of alkyl halides is 5. The average molecular weight is 344 g/mol. The first kappa shape index (κ1) is 17.4. The second kappa shape index (κ2) is 7.08. The maximum absolute atomic E-state index is 12.7. The van der Waals surface area contributed by atoms with Crippen molar-refractivity contribution in [2.75, 3.05) is 5.32 Å². The fourth-order valence-electron chi connectivity index (χ4n) is 1.70. The molecule has 24 heavy (non-hydrogen) atoms. The van der Waals surface area contributed by atoms with E-state index in [1.807, 2.05) is 0 Å². The highest BCUT2D eigenvalue weighted by atomic mass is 19.4. The molecule has 0 aliphatic rings. The molecule has 126 valence electrons. The van der Waals surface area contributed by atoms with E-state index in [1.165, 1.54) is 12.1 Å². The highest BCUT2D eigenvalue weighted by molar-refractivity contribution is 5.52. The van der Waals surface area contributed by atoms with Gasteiger partial charge in [-0.1, -0.05) is 0 Å². The normalized spacial score (nSPS) is 11.2. The molecule has 0 unspecified atom stereocenters. The number of aromatic nitrogens is 2. The number of anilines is 1. The molecule has 0 aromatic carbocycles. The summed E-state index contributed by atoms with van der Waals surface area (Å²) in [5.74, 6) is -0.398. The van der Waals surface area contributed by atoms with E-state index in [0.717, 1.165) is 12.3 Å². The van der Waals surface area contributed by atoms with Crippen molar-refractivity contribution in [3.05, 3.63) is 47.4 Å². The van der Waals surface area contributed by atoms with Crippen molar-refractivity contribution >= 4 is 5.82 Å². The average Bonchev–Trinajstić information content (AvgIpc) is 2.52. The summed E-state index contributed by atoms with van der Waals surface area (Å²) in [4.78, 5) is 7.20. The summed E-state index contributed by atoms with van der Waals surface area (Å²) in [5, 5.41) is 11.5. The maximum Gasteiger partial charge on any atom is 0.433 e. The summed E-state index contributed by atoms with van der Waals surface area (Å²) in [6.07, 6.45) is -3.59. The Morgan fingerprint density at radius 1 is 1.21 bits per heavy atom. The molecule has 2 aromatic heterocycles. The largest absolute Gasteiger partial charge is 0.433 e. The number of rotatable bonds is 5. The fourth-order valence-corrected chi connectivity index (χ4v) is 1.70. The van der Waals surface area contributed by atoms with E-state index < -0.39 is 18.5 Å². The third kappa shape index (κ3) is 4.52. The molecule has 0 aliphatic carbocycles. The summed E-state index contributed by atoms with van der Waals surface area (Å²) in [6.45, 7) is -3.04. The molecule has 2 aromatic rings. The van der Waals surface area contributed by atoms with Crippen LogP contribution in [0.4, 0.5) is 27.8 Å². The topological polar surface area (TPSA) is 70.8 Å². The van der Waals surface area contributed by atoms with Crippen molar-refractivity contribution in [3.63, 3.8) is 0 Å². The molecule has 1 N–H and O–H groups in total. The number of pyridine rings is 2. The third-order valence-corrected chi connectivity index (χ3v) is 2.77. The lowest BCUT2D eigenvalue weighted by Crippen LogP contribution is -2.12. The van der Waals surface area contributed by atoms with Crippen LogP contribution in [0.5, 0.6) is 5.75 Å². The predicted molar refractivity (Wildman–Crippen MR) is 72.1 cm³/mol. The van der Waals surface area contributed by atoms with Gasteiger partial charge in [0.1, 0.15) is 23.3 Å². The van der Waals surface area contributed by atoms with Crippen LogP contribution in [-0.4, -0.2) is 16.6 Å². The summed E-state index contributed by atoms with van der Waals surface area (Å²) >= 11 is 0. The van der Waals surface area contributed by atoms with E-state index in [1.54, 1.807) is 6.07 Å². The van der Waals surface area contributed by atoms with Crippen LogP contribution in [-0.2, 0) is 12.7 Å². The lowest BCUT2D eigenvalue weighted by Gasteiger charge is -2.11. The molecule has 2 heterocycles. The Labute approximate surface area is 132 Å². The van der Waals surface area contributed by atoms with Gasteiger partial charge in [0.15, 0.2) is 0 Å². The van der Waals surface area contributed by atoms with E-state index in [2.05, 4.69) is 20.0 Å². The molecule has 0 fully saturated rings. The Morgan fingerprint density at radius 3 is 2.50 bits per heavy atom. The molecule has 2 rings (SSSR count). The van der Waals surface area contributed by atoms with E-state index in [-0.39, 0.29) is 23.7 Å². The SMILES string of the molecule is N#Cc1ccc(C(F)(F)F)nc1NCc1ccc(OC(F)F)cn1. The maximum atomic E-state index is 12.7. The summed E-state index contributed by atoms with van der Waals surface area (Å²) in [7, 11) is 0. The first-order valence-electron chi connectivity index (χ1n) is 6.41. The van der Waals surface area contributed by atoms with Crippen LogP contribution in [0, 0.1) is 11.3 Å². The fraction of sp³-hybridized carbons (Fsp3) is 0.214. The van der Waals surface area contributed by atoms with Gasteiger partial charge in [0, 0.05) is 0 Å². The Kier molecular flexibility index (Phi) is 5.13. The van der Waals surface area contributed by atoms with Crippen molar-refractivity contribution < 1.29 is 26.7 Å². The Hall–Kier alpha value is -2.96. The minimum absolute atomic E-state index is 0.0576. The van der Waals surface area contributed by atoms with Crippen LogP contribution >= 0.6 is 0 Å². The molecule has 0 spiro atoms. The smallest absolute Gasteiger partial charge is 0.433 e. The molecule has 0 saturated heterocycles. The predicted octanol–water partition coefficient (Wildman–Crippen LogP) is 3.58. The lowest BCUT2D eigenvalue weighted by molar-refractivity contribution is -0.141. The van der Waals surface area contributed by atoms with Crippen LogP contribution in [0.3, 0.4) is 0 Å². The molecule has 5 nitrogen and oxygen atoms in total. The van der Waals surface area contributed by atoms with Crippen molar-refractivity contribution in [2.24, 2.45) is 0 Å². The monoisotopic (exact) mass is 344 g/mol. The Bertz CT molecular complexity index is 740. The van der Waals surface area contributed by atoms with Gasteiger partial charge < -0.3 is 10.1 Å². The first-order valence-corrected chi connectivity index (χ1v) is 6.41. The van der Waals surface area contributed by atoms with Crippen molar-refractivity contribution in [3.8, 4) is 11.8 Å². The molecular formula is C14H9F5N4O. The molecule has 10 heteroatoms. The molecular weight excluding hydrogens is 335 g/mol. The van der Waals surface area contributed by atoms with E-state index in [4.69, 9.17) is 5.26 Å². The van der Waals surface area contributed by atoms with Gasteiger partial charge in [-0.3, -0.25) is 4.98 Å². The summed E-state index contributed by atoms with van der Waals surface area (Å²) in [5.41, 5.74) is -0.877. The van der Waals surface area contributed by atoms with Crippen LogP contribution in [0.2, 0.25) is 0 Å². The second-order valence-corrected chi connectivity index (χ2v) is 4.42. The van der Waals surface area contributed by atoms with Crippen LogP contribution in [0.1, 0.15) is 17.0 Å². The lowest BCUT2D eigenvalue weighted by atomic mass is 10.2. The number of nitrogens with zero attached hydrogens (tertiary/aromatic N) is 3. The standard InChI is InChI=1S/C14H9F5N4O/c15-13(16)24-10-3-2-9(21-7-10)6-22-12-8(5-20)1-4-11(23-12)14(17,18)19/h1-4,7,13H,6H2,(H,22,23). The molecule has 0 radical (unpaired) electrons. The highest BCUT2D eigenvalue weighted by Gasteiger charge is 2.33. The van der Waals surface area contributed by atoms with Gasteiger partial charge in [-0.25, -0.2) is 4.98 Å². The van der Waals surface area contributed by atoms with Gasteiger partial charge in [-0.05, 0) is 24.3 Å². The summed E-state index contributed by atoms with van der Waals surface area (Å²) < 4.78 is 66.1. The van der Waals surface area contributed by atoms with E-state index in [0.29, 0.717) is 11.8 Å². The second-order valence-electron chi connectivity index (χ2n) is 4.42. The molecule has 0 amide bonds. The third-order valence-electron chi connectivity index (χ3n) is 2.77. The number of halogens is 5. The quantitative estimate of drug-likeness (QED) is 0.840. The summed E-state index contributed by atoms with van der Waals surface area (Å²) in [6, 6.07) is 6.03. The van der Waals surface area contributed by atoms with Crippen molar-refractivity contribution in [2.45, 2.75) is 19.3 Å². The van der Waals surface area contributed by atoms with Gasteiger partial charge in [0.25, 0.3) is 0 Å². The van der Waals surface area contributed by atoms with Crippen LogP contribution in [0.25, 0.3) is 0 Å². The van der Waals surface area contributed by atoms with Crippen molar-refractivity contribution in [1.29, 1.82) is 5.26 Å². The van der Waals surface area contributed by atoms with E-state index in [9.17, 15) is 22.0 Å². The van der Waals surface area contributed by atoms with Crippen molar-refractivity contribution in [1.82, 2.24) is 9.97 Å². The van der Waals surface area contributed by atoms with E-state index >= 15 is 0 Å². The van der Waals surface area contributed by atoms with Gasteiger partial charge >= 0.3 is 12.8 Å². The zero-order valence-electron chi connectivity index (χ0n) is 11.8. The first-order chi connectivity index (χ1) is 11.3. The highest BCUT2D eigenvalue weighted by Crippen LogP contribution is 2.29. The number of nitriles is 1. The Morgan fingerprint density at radius 2 is 1.96 bits per heavy atom. The van der Waals surface area contributed by atoms with Crippen LogP contribution < -0.4 is 10.1 Å². The molecule has 0 saturated carbocycles. The molecule has 0 atom stereocenters. The van der Waals surface area contributed by atoms with Gasteiger partial charge in [-0.2, -0.15) is 27.2 Å². The van der Waals surface area contributed by atoms with Gasteiger partial charge in [0.2, 0.25) is 0 Å². The number of hydrogen-bond donors (Lipinski definition) is 1. The zero-order valence-corrected chi connectivity index (χ0v) is 11.8. The zero-order chi connectivity index (χ0) is 17.7. The molecule has 0 aliphatic heterocycles. The minimum atomic E-state index is -4.64. The van der Waals surface area contributed by atoms with Gasteiger partial charge in [-0.15, -0.1) is 0 Å². The van der Waals surface area contributed by atoms with Gasteiger partial charge in [0.05, 0.1) is 24.0 Å². The van der Waals surface area contributed by atoms with Crippen LogP contribution in [0.15, 0.2) is 30.5 Å². The Balaban J connectivity index is 2.12. The minimum Gasteiger partial charge on any atom is -0.433 e.